The molecule has 148 valence electrons. The largest absolute Gasteiger partial charge is 0.490 e. The summed E-state index contributed by atoms with van der Waals surface area (Å²) in [5.74, 6) is 1.88. The van der Waals surface area contributed by atoms with Crippen molar-refractivity contribution in [2.24, 2.45) is 0 Å². The molecule has 0 saturated heterocycles. The van der Waals surface area contributed by atoms with Crippen LogP contribution in [0, 0.1) is 6.92 Å². The molecule has 2 rings (SSSR count). The summed E-state index contributed by atoms with van der Waals surface area (Å²) in [7, 11) is 0. The number of nitrogens with zero attached hydrogens (tertiary/aromatic N) is 2. The number of nitrogens with one attached hydrogen (secondary N) is 1. The first-order valence-electron chi connectivity index (χ1n) is 9.10. The summed E-state index contributed by atoms with van der Waals surface area (Å²) >= 11 is 3.53. The number of benzene rings is 1. The van der Waals surface area contributed by atoms with Gasteiger partial charge in [-0.2, -0.15) is 5.10 Å². The van der Waals surface area contributed by atoms with Crippen LogP contribution < -0.4 is 14.8 Å². The van der Waals surface area contributed by atoms with Crippen molar-refractivity contribution in [3.63, 3.8) is 0 Å². The number of halogens is 1. The molecular formula is C20H28BrN3O3. The van der Waals surface area contributed by atoms with Crippen LogP contribution in [0.25, 0.3) is 0 Å². The number of aryl methyl sites for hydroxylation is 1. The fourth-order valence-corrected chi connectivity index (χ4v) is 3.17. The Morgan fingerprint density at radius 3 is 2.30 bits per heavy atom. The molecule has 0 atom stereocenters. The lowest BCUT2D eigenvalue weighted by molar-refractivity contribution is -0.115. The van der Waals surface area contributed by atoms with E-state index in [2.05, 4.69) is 26.3 Å². The third-order valence-electron chi connectivity index (χ3n) is 3.80. The number of anilines is 1. The summed E-state index contributed by atoms with van der Waals surface area (Å²) in [4.78, 5) is 12.7. The predicted molar refractivity (Wildman–Crippen MR) is 111 cm³/mol. The predicted octanol–water partition coefficient (Wildman–Crippen LogP) is 4.69. The van der Waals surface area contributed by atoms with Crippen LogP contribution in [-0.2, 0) is 16.8 Å². The fraction of sp³-hybridized carbons (Fsp3) is 0.500. The van der Waals surface area contributed by atoms with E-state index >= 15 is 0 Å². The van der Waals surface area contributed by atoms with Crippen LogP contribution in [0.3, 0.4) is 0 Å². The Kier molecular flexibility index (Phi) is 6.92. The van der Waals surface area contributed by atoms with Crippen LogP contribution in [0.15, 0.2) is 22.7 Å². The van der Waals surface area contributed by atoms with Crippen LogP contribution in [0.2, 0.25) is 0 Å². The van der Waals surface area contributed by atoms with Crippen molar-refractivity contribution in [1.82, 2.24) is 9.78 Å². The summed E-state index contributed by atoms with van der Waals surface area (Å²) in [6.07, 6.45) is 0.210. The highest BCUT2D eigenvalue weighted by Gasteiger charge is 2.21. The van der Waals surface area contributed by atoms with Gasteiger partial charge in [-0.3, -0.25) is 4.79 Å². The SMILES string of the molecule is CCOc1cc(Br)c(CC(=O)Nc2cc(C)nn2C(C)(C)C)cc1OCC. The molecule has 0 aliphatic rings. The lowest BCUT2D eigenvalue weighted by Crippen LogP contribution is -2.27. The number of rotatable bonds is 7. The van der Waals surface area contributed by atoms with Gasteiger partial charge < -0.3 is 14.8 Å². The van der Waals surface area contributed by atoms with Gasteiger partial charge in [0.15, 0.2) is 11.5 Å². The molecule has 0 radical (unpaired) electrons. The molecule has 6 nitrogen and oxygen atoms in total. The van der Waals surface area contributed by atoms with Crippen molar-refractivity contribution in [2.75, 3.05) is 18.5 Å². The van der Waals surface area contributed by atoms with Gasteiger partial charge in [-0.1, -0.05) is 15.9 Å². The van der Waals surface area contributed by atoms with Gasteiger partial charge in [-0.25, -0.2) is 4.68 Å². The molecule has 0 saturated carbocycles. The van der Waals surface area contributed by atoms with E-state index in [9.17, 15) is 4.79 Å². The smallest absolute Gasteiger partial charge is 0.229 e. The van der Waals surface area contributed by atoms with Crippen LogP contribution >= 0.6 is 15.9 Å². The lowest BCUT2D eigenvalue weighted by Gasteiger charge is -2.22. The van der Waals surface area contributed by atoms with Crippen molar-refractivity contribution in [3.05, 3.63) is 33.9 Å². The fourth-order valence-electron chi connectivity index (χ4n) is 2.71. The molecule has 0 aliphatic heterocycles. The van der Waals surface area contributed by atoms with Crippen molar-refractivity contribution >= 4 is 27.7 Å². The highest BCUT2D eigenvalue weighted by atomic mass is 79.9. The topological polar surface area (TPSA) is 65.4 Å². The molecule has 27 heavy (non-hydrogen) atoms. The van der Waals surface area contributed by atoms with Gasteiger partial charge in [0.25, 0.3) is 0 Å². The van der Waals surface area contributed by atoms with Crippen molar-refractivity contribution in [2.45, 2.75) is 53.5 Å². The average molecular weight is 438 g/mol. The molecule has 0 bridgehead atoms. The number of hydrogen-bond acceptors (Lipinski definition) is 4. The number of amides is 1. The first kappa shape index (κ1) is 21.3. The molecule has 1 amide bonds. The quantitative estimate of drug-likeness (QED) is 0.682. The molecule has 0 aliphatic carbocycles. The minimum Gasteiger partial charge on any atom is -0.490 e. The maximum absolute atomic E-state index is 12.7. The Balaban J connectivity index is 2.22. The molecule has 2 aromatic rings. The number of hydrogen-bond donors (Lipinski definition) is 1. The maximum atomic E-state index is 12.7. The van der Waals surface area contributed by atoms with E-state index in [1.807, 2.05) is 64.4 Å². The van der Waals surface area contributed by atoms with E-state index < -0.39 is 0 Å². The summed E-state index contributed by atoms with van der Waals surface area (Å²) in [5.41, 5.74) is 1.47. The van der Waals surface area contributed by atoms with Gasteiger partial charge in [0.1, 0.15) is 5.82 Å². The lowest BCUT2D eigenvalue weighted by atomic mass is 10.1. The van der Waals surface area contributed by atoms with Crippen LogP contribution in [0.5, 0.6) is 11.5 Å². The van der Waals surface area contributed by atoms with Gasteiger partial charge in [-0.15, -0.1) is 0 Å². The van der Waals surface area contributed by atoms with E-state index in [4.69, 9.17) is 9.47 Å². The minimum absolute atomic E-state index is 0.118. The van der Waals surface area contributed by atoms with E-state index in [-0.39, 0.29) is 17.9 Å². The summed E-state index contributed by atoms with van der Waals surface area (Å²) in [5, 5.41) is 7.46. The summed E-state index contributed by atoms with van der Waals surface area (Å²) in [6.45, 7) is 13.0. The van der Waals surface area contributed by atoms with Crippen LogP contribution in [0.4, 0.5) is 5.82 Å². The molecule has 1 aromatic carbocycles. The number of carbonyl (C=O) groups excluding carboxylic acids is 1. The Hall–Kier alpha value is -2.02. The van der Waals surface area contributed by atoms with Crippen LogP contribution in [-0.4, -0.2) is 28.9 Å². The number of aromatic nitrogens is 2. The molecule has 0 fully saturated rings. The molecular weight excluding hydrogens is 410 g/mol. The highest BCUT2D eigenvalue weighted by molar-refractivity contribution is 9.10. The third-order valence-corrected chi connectivity index (χ3v) is 4.54. The zero-order chi connectivity index (χ0) is 20.2. The Morgan fingerprint density at radius 2 is 1.74 bits per heavy atom. The summed E-state index contributed by atoms with van der Waals surface area (Å²) < 4.78 is 13.9. The number of carbonyl (C=O) groups is 1. The Morgan fingerprint density at radius 1 is 1.15 bits per heavy atom. The maximum Gasteiger partial charge on any atom is 0.229 e. The molecule has 1 heterocycles. The number of ether oxygens (including phenoxy) is 2. The Labute approximate surface area is 169 Å². The van der Waals surface area contributed by atoms with E-state index in [1.165, 1.54) is 0 Å². The monoisotopic (exact) mass is 437 g/mol. The van der Waals surface area contributed by atoms with Crippen molar-refractivity contribution < 1.29 is 14.3 Å². The second kappa shape index (κ2) is 8.78. The first-order valence-corrected chi connectivity index (χ1v) is 9.90. The van der Waals surface area contributed by atoms with Crippen molar-refractivity contribution in [1.29, 1.82) is 0 Å². The standard InChI is InChI=1S/C20H28BrN3O3/c1-7-26-16-10-14(15(21)12-17(16)27-8-2)11-19(25)22-18-9-13(3)23-24(18)20(4,5)6/h9-10,12H,7-8,11H2,1-6H3,(H,22,25). The van der Waals surface area contributed by atoms with Crippen molar-refractivity contribution in [3.8, 4) is 11.5 Å². The first-order chi connectivity index (χ1) is 12.7. The summed E-state index contributed by atoms with van der Waals surface area (Å²) in [6, 6.07) is 5.58. The van der Waals surface area contributed by atoms with Crippen LogP contribution in [0.1, 0.15) is 45.9 Å². The Bertz CT molecular complexity index is 810. The minimum atomic E-state index is -0.223. The second-order valence-corrected chi connectivity index (χ2v) is 8.09. The van der Waals surface area contributed by atoms with Gasteiger partial charge in [-0.05, 0) is 59.2 Å². The molecule has 1 aromatic heterocycles. The average Bonchev–Trinajstić information content (AvgIpc) is 2.92. The zero-order valence-corrected chi connectivity index (χ0v) is 18.4. The van der Waals surface area contributed by atoms with E-state index in [1.54, 1.807) is 0 Å². The highest BCUT2D eigenvalue weighted by Crippen LogP contribution is 2.34. The van der Waals surface area contributed by atoms with E-state index in [0.717, 1.165) is 15.7 Å². The van der Waals surface area contributed by atoms with Gasteiger partial charge in [0.2, 0.25) is 5.91 Å². The second-order valence-electron chi connectivity index (χ2n) is 7.23. The molecule has 0 spiro atoms. The normalized spacial score (nSPS) is 11.4. The van der Waals surface area contributed by atoms with E-state index in [0.29, 0.717) is 30.5 Å². The van der Waals surface area contributed by atoms with Gasteiger partial charge >= 0.3 is 0 Å². The van der Waals surface area contributed by atoms with Gasteiger partial charge in [0, 0.05) is 10.5 Å². The molecule has 0 unspecified atom stereocenters. The van der Waals surface area contributed by atoms with Gasteiger partial charge in [0.05, 0.1) is 30.9 Å². The zero-order valence-electron chi connectivity index (χ0n) is 16.9. The molecule has 7 heteroatoms. The molecule has 1 N–H and O–H groups in total. The third kappa shape index (κ3) is 5.48.